The number of aryl methyl sites for hydroxylation is 1. The van der Waals surface area contributed by atoms with E-state index in [0.717, 1.165) is 29.1 Å². The number of hydrogen-bond acceptors (Lipinski definition) is 4. The van der Waals surface area contributed by atoms with Gasteiger partial charge in [-0.2, -0.15) is 0 Å². The molecule has 0 saturated carbocycles. The Morgan fingerprint density at radius 2 is 2.21 bits per heavy atom. The summed E-state index contributed by atoms with van der Waals surface area (Å²) in [7, 11) is 0. The molecule has 1 heterocycles. The maximum absolute atomic E-state index is 13.5. The van der Waals surface area contributed by atoms with Crippen molar-refractivity contribution in [2.75, 3.05) is 6.54 Å². The summed E-state index contributed by atoms with van der Waals surface area (Å²) in [5, 5.41) is 7.97. The number of hydrogen-bond donors (Lipinski definition) is 1. The first-order chi connectivity index (χ1) is 9.17. The van der Waals surface area contributed by atoms with Gasteiger partial charge in [-0.05, 0) is 48.3 Å². The molecule has 0 aliphatic rings. The second kappa shape index (κ2) is 6.41. The summed E-state index contributed by atoms with van der Waals surface area (Å²) in [6.07, 6.45) is 0.792. The molecule has 1 aromatic carbocycles. The number of rotatable bonds is 5. The lowest BCUT2D eigenvalue weighted by Gasteiger charge is -2.18. The SMILES string of the molecule is CCNC(c1cc(F)ccc1Cl)c1snnc1CC. The molecule has 102 valence electrons. The van der Waals surface area contributed by atoms with Gasteiger partial charge in [-0.25, -0.2) is 4.39 Å². The molecular weight excluding hydrogens is 285 g/mol. The highest BCUT2D eigenvalue weighted by molar-refractivity contribution is 7.05. The third-order valence-electron chi connectivity index (χ3n) is 2.86. The van der Waals surface area contributed by atoms with Crippen LogP contribution in [0, 0.1) is 5.82 Å². The third kappa shape index (κ3) is 3.11. The average Bonchev–Trinajstić information content (AvgIpc) is 2.87. The minimum atomic E-state index is -0.294. The molecule has 6 heteroatoms. The van der Waals surface area contributed by atoms with Crippen molar-refractivity contribution in [3.63, 3.8) is 0 Å². The van der Waals surface area contributed by atoms with Crippen LogP contribution in [0.2, 0.25) is 5.02 Å². The maximum atomic E-state index is 13.5. The minimum Gasteiger partial charge on any atom is -0.306 e. The van der Waals surface area contributed by atoms with Crippen molar-refractivity contribution in [3.05, 3.63) is 45.2 Å². The van der Waals surface area contributed by atoms with Gasteiger partial charge in [-0.3, -0.25) is 0 Å². The molecule has 0 bridgehead atoms. The monoisotopic (exact) mass is 299 g/mol. The Labute approximate surface area is 121 Å². The first-order valence-corrected chi connectivity index (χ1v) is 7.32. The van der Waals surface area contributed by atoms with E-state index in [1.54, 1.807) is 6.07 Å². The van der Waals surface area contributed by atoms with Crippen LogP contribution in [-0.2, 0) is 6.42 Å². The molecule has 3 nitrogen and oxygen atoms in total. The summed E-state index contributed by atoms with van der Waals surface area (Å²) in [4.78, 5) is 0.997. The van der Waals surface area contributed by atoms with Crippen molar-refractivity contribution in [3.8, 4) is 0 Å². The van der Waals surface area contributed by atoms with Crippen LogP contribution < -0.4 is 5.32 Å². The summed E-state index contributed by atoms with van der Waals surface area (Å²) in [6, 6.07) is 4.24. The van der Waals surface area contributed by atoms with Crippen LogP contribution in [0.4, 0.5) is 4.39 Å². The number of nitrogens with zero attached hydrogens (tertiary/aromatic N) is 2. The van der Waals surface area contributed by atoms with Crippen LogP contribution in [0.25, 0.3) is 0 Å². The van der Waals surface area contributed by atoms with E-state index in [-0.39, 0.29) is 11.9 Å². The second-order valence-corrected chi connectivity index (χ2v) is 5.29. The smallest absolute Gasteiger partial charge is 0.123 e. The fourth-order valence-electron chi connectivity index (χ4n) is 1.96. The lowest BCUT2D eigenvalue weighted by atomic mass is 10.0. The molecule has 1 atom stereocenters. The Morgan fingerprint density at radius 1 is 1.42 bits per heavy atom. The summed E-state index contributed by atoms with van der Waals surface area (Å²) >= 11 is 7.52. The van der Waals surface area contributed by atoms with E-state index >= 15 is 0 Å². The minimum absolute atomic E-state index is 0.164. The number of benzene rings is 1. The molecule has 0 radical (unpaired) electrons. The molecule has 0 aliphatic carbocycles. The molecule has 0 aliphatic heterocycles. The van der Waals surface area contributed by atoms with E-state index in [2.05, 4.69) is 14.9 Å². The van der Waals surface area contributed by atoms with E-state index in [0.29, 0.717) is 5.02 Å². The molecule has 2 rings (SSSR count). The van der Waals surface area contributed by atoms with Gasteiger partial charge >= 0.3 is 0 Å². The van der Waals surface area contributed by atoms with Gasteiger partial charge in [0.25, 0.3) is 0 Å². The van der Waals surface area contributed by atoms with Crippen LogP contribution >= 0.6 is 23.1 Å². The Morgan fingerprint density at radius 3 is 2.89 bits per heavy atom. The third-order valence-corrected chi connectivity index (χ3v) is 4.04. The van der Waals surface area contributed by atoms with Crippen molar-refractivity contribution in [1.29, 1.82) is 0 Å². The summed E-state index contributed by atoms with van der Waals surface area (Å²) < 4.78 is 17.4. The van der Waals surface area contributed by atoms with Crippen molar-refractivity contribution < 1.29 is 4.39 Å². The predicted molar refractivity (Wildman–Crippen MR) is 76.2 cm³/mol. The lowest BCUT2D eigenvalue weighted by Crippen LogP contribution is -2.22. The van der Waals surface area contributed by atoms with Crippen LogP contribution in [0.5, 0.6) is 0 Å². The fraction of sp³-hybridized carbons (Fsp3) is 0.385. The van der Waals surface area contributed by atoms with Crippen LogP contribution in [-0.4, -0.2) is 16.1 Å². The predicted octanol–water partition coefficient (Wildman–Crippen LogP) is 3.59. The van der Waals surface area contributed by atoms with E-state index in [4.69, 9.17) is 11.6 Å². The molecule has 0 fully saturated rings. The van der Waals surface area contributed by atoms with E-state index in [1.807, 2.05) is 13.8 Å². The zero-order valence-corrected chi connectivity index (χ0v) is 12.4. The van der Waals surface area contributed by atoms with Crippen molar-refractivity contribution in [2.24, 2.45) is 0 Å². The van der Waals surface area contributed by atoms with Gasteiger partial charge in [0.1, 0.15) is 5.82 Å². The van der Waals surface area contributed by atoms with Crippen molar-refractivity contribution >= 4 is 23.1 Å². The Balaban J connectivity index is 2.48. The first kappa shape index (κ1) is 14.4. The largest absolute Gasteiger partial charge is 0.306 e. The Kier molecular flexibility index (Phi) is 4.85. The van der Waals surface area contributed by atoms with Gasteiger partial charge in [0.2, 0.25) is 0 Å². The maximum Gasteiger partial charge on any atom is 0.123 e. The topological polar surface area (TPSA) is 37.8 Å². The normalized spacial score (nSPS) is 12.6. The first-order valence-electron chi connectivity index (χ1n) is 6.16. The summed E-state index contributed by atoms with van der Waals surface area (Å²) in [5.41, 5.74) is 1.65. The van der Waals surface area contributed by atoms with E-state index in [9.17, 15) is 4.39 Å². The molecule has 0 amide bonds. The highest BCUT2D eigenvalue weighted by Gasteiger charge is 2.22. The number of halogens is 2. The zero-order chi connectivity index (χ0) is 13.8. The Bertz CT molecular complexity index is 559. The van der Waals surface area contributed by atoms with Gasteiger partial charge in [0.05, 0.1) is 16.6 Å². The lowest BCUT2D eigenvalue weighted by molar-refractivity contribution is 0.604. The van der Waals surface area contributed by atoms with Crippen molar-refractivity contribution in [1.82, 2.24) is 14.9 Å². The number of nitrogens with one attached hydrogen (secondary N) is 1. The fourth-order valence-corrected chi connectivity index (χ4v) is 3.02. The van der Waals surface area contributed by atoms with Crippen molar-refractivity contribution in [2.45, 2.75) is 26.3 Å². The molecule has 1 unspecified atom stereocenters. The molecule has 2 aromatic rings. The highest BCUT2D eigenvalue weighted by Crippen LogP contribution is 2.32. The molecule has 1 N–H and O–H groups in total. The molecule has 19 heavy (non-hydrogen) atoms. The van der Waals surface area contributed by atoms with E-state index in [1.165, 1.54) is 23.7 Å². The summed E-state index contributed by atoms with van der Waals surface area (Å²) in [5.74, 6) is -0.294. The Hall–Kier alpha value is -1.04. The van der Waals surface area contributed by atoms with Gasteiger partial charge < -0.3 is 5.32 Å². The molecular formula is C13H15ClFN3S. The highest BCUT2D eigenvalue weighted by atomic mass is 35.5. The van der Waals surface area contributed by atoms with Crippen LogP contribution in [0.1, 0.15) is 36.0 Å². The zero-order valence-electron chi connectivity index (χ0n) is 10.8. The quantitative estimate of drug-likeness (QED) is 0.917. The van der Waals surface area contributed by atoms with Gasteiger partial charge in [-0.1, -0.05) is 29.9 Å². The molecule has 0 saturated heterocycles. The van der Waals surface area contributed by atoms with E-state index < -0.39 is 0 Å². The van der Waals surface area contributed by atoms with Gasteiger partial charge in [0.15, 0.2) is 0 Å². The standard InChI is InChI=1S/C13H15ClFN3S/c1-3-11-13(19-18-17-11)12(16-4-2)9-7-8(15)5-6-10(9)14/h5-7,12,16H,3-4H2,1-2H3. The molecule has 0 spiro atoms. The van der Waals surface area contributed by atoms with Gasteiger partial charge in [-0.15, -0.1) is 5.10 Å². The molecule has 1 aromatic heterocycles. The number of aromatic nitrogens is 2. The van der Waals surface area contributed by atoms with Crippen LogP contribution in [0.3, 0.4) is 0 Å². The average molecular weight is 300 g/mol. The van der Waals surface area contributed by atoms with Crippen LogP contribution in [0.15, 0.2) is 18.2 Å². The summed E-state index contributed by atoms with van der Waals surface area (Å²) in [6.45, 7) is 4.77. The van der Waals surface area contributed by atoms with Gasteiger partial charge in [0, 0.05) is 5.02 Å². The second-order valence-electron chi connectivity index (χ2n) is 4.09.